The van der Waals surface area contributed by atoms with E-state index in [4.69, 9.17) is 19.8 Å². The molecule has 4 aromatic heterocycles. The van der Waals surface area contributed by atoms with Crippen LogP contribution in [0.5, 0.6) is 0 Å². The van der Waals surface area contributed by atoms with Crippen LogP contribution in [0.4, 0.5) is 26.3 Å². The Morgan fingerprint density at radius 2 is 0.797 bits per heavy atom. The number of hydrogen-bond acceptors (Lipinski definition) is 12. The van der Waals surface area contributed by atoms with Crippen molar-refractivity contribution in [3.63, 3.8) is 0 Å². The molecule has 6 saturated heterocycles. The Bertz CT molecular complexity index is 2070. The van der Waals surface area contributed by atoms with Gasteiger partial charge in [-0.05, 0) is 83.3 Å². The first-order valence-corrected chi connectivity index (χ1v) is 29.0. The average molecular weight is 1120 g/mol. The fourth-order valence-corrected chi connectivity index (χ4v) is 14.3. The Hall–Kier alpha value is -3.90. The predicted octanol–water partition coefficient (Wildman–Crippen LogP) is 8.08. The number of halogens is 6. The van der Waals surface area contributed by atoms with Crippen LogP contribution in [-0.2, 0) is 30.4 Å². The van der Waals surface area contributed by atoms with Crippen molar-refractivity contribution in [3.8, 4) is 0 Å². The van der Waals surface area contributed by atoms with Gasteiger partial charge in [0, 0.05) is 25.7 Å². The van der Waals surface area contributed by atoms with Crippen LogP contribution in [0.1, 0.15) is 123 Å². The Balaban J connectivity index is 0.000000218. The molecule has 0 unspecified atom stereocenters. The number of carboxylic acid groups (broad SMARTS) is 2. The number of quaternary nitrogens is 2. The van der Waals surface area contributed by atoms with Crippen LogP contribution in [-0.4, -0.2) is 120 Å². The lowest BCUT2D eigenvalue weighted by molar-refractivity contribution is -0.944. The second kappa shape index (κ2) is 27.4. The number of carboxylic acids is 2. The summed E-state index contributed by atoms with van der Waals surface area (Å²) in [6.45, 7) is 14.1. The number of aliphatic hydroxyl groups is 2. The minimum absolute atomic E-state index is 0.169. The second-order valence-electron chi connectivity index (χ2n) is 20.0. The van der Waals surface area contributed by atoms with Crippen molar-refractivity contribution in [2.45, 2.75) is 139 Å². The molecule has 0 radical (unpaired) electrons. The van der Waals surface area contributed by atoms with Crippen LogP contribution in [0.2, 0.25) is 0 Å². The van der Waals surface area contributed by atoms with Gasteiger partial charge in [-0.2, -0.15) is 26.3 Å². The number of nitrogens with zero attached hydrogens (tertiary/aromatic N) is 2. The summed E-state index contributed by atoms with van der Waals surface area (Å²) in [6, 6.07) is 15.4. The molecule has 0 saturated carbocycles. The highest BCUT2D eigenvalue weighted by Crippen LogP contribution is 2.41. The molecule has 0 aromatic carbocycles. The zero-order valence-electron chi connectivity index (χ0n) is 41.9. The molecule has 6 aliphatic rings. The first kappa shape index (κ1) is 61.0. The van der Waals surface area contributed by atoms with Gasteiger partial charge in [-0.1, -0.05) is 76.6 Å². The number of amides is 2. The van der Waals surface area contributed by atoms with E-state index in [9.17, 15) is 46.1 Å². The predicted molar refractivity (Wildman–Crippen MR) is 272 cm³/mol. The number of alkyl halides is 6. The largest absolute Gasteiger partial charge is 0.542 e. The molecule has 4 bridgehead atoms. The van der Waals surface area contributed by atoms with Crippen molar-refractivity contribution in [2.75, 3.05) is 52.4 Å². The molecule has 4 N–H and O–H groups in total. The van der Waals surface area contributed by atoms with Crippen LogP contribution in [0.15, 0.2) is 70.1 Å². The lowest BCUT2D eigenvalue weighted by Gasteiger charge is -2.53. The Kier molecular flexibility index (Phi) is 22.6. The molecule has 2 atom stereocenters. The van der Waals surface area contributed by atoms with Gasteiger partial charge < -0.3 is 49.6 Å². The monoisotopic (exact) mass is 1120 g/mol. The summed E-state index contributed by atoms with van der Waals surface area (Å²) in [5.41, 5.74) is -3.17. The Labute approximate surface area is 445 Å². The summed E-state index contributed by atoms with van der Waals surface area (Å²) in [4.78, 5) is 47.3. The third-order valence-corrected chi connectivity index (χ3v) is 18.9. The van der Waals surface area contributed by atoms with Gasteiger partial charge in [0.1, 0.15) is 11.9 Å². The first-order chi connectivity index (χ1) is 35.0. The van der Waals surface area contributed by atoms with E-state index >= 15 is 0 Å². The van der Waals surface area contributed by atoms with Gasteiger partial charge in [-0.15, -0.1) is 45.3 Å². The van der Waals surface area contributed by atoms with Crippen LogP contribution < -0.4 is 20.8 Å². The molecule has 74 heavy (non-hydrogen) atoms. The Morgan fingerprint density at radius 1 is 0.527 bits per heavy atom. The van der Waals surface area contributed by atoms with E-state index in [0.717, 1.165) is 22.1 Å². The second-order valence-corrected chi connectivity index (χ2v) is 23.7. The van der Waals surface area contributed by atoms with Crippen LogP contribution in [0.3, 0.4) is 0 Å². The van der Waals surface area contributed by atoms with Crippen LogP contribution >= 0.6 is 45.3 Å². The molecule has 10 heterocycles. The zero-order chi connectivity index (χ0) is 54.2. The highest BCUT2D eigenvalue weighted by molar-refractivity contribution is 7.12. The molecule has 0 spiro atoms. The molecule has 2 amide bonds. The molecule has 10 rings (SSSR count). The summed E-state index contributed by atoms with van der Waals surface area (Å²) in [5.74, 6) is -5.44. The number of aliphatic carboxylic acids is 2. The number of unbranched alkanes of at least 4 members (excludes halogenated alkanes) is 8. The quantitative estimate of drug-likeness (QED) is 0.0390. The first-order valence-electron chi connectivity index (χ1n) is 25.5. The summed E-state index contributed by atoms with van der Waals surface area (Å²) >= 11 is 5.77. The summed E-state index contributed by atoms with van der Waals surface area (Å²) < 4.78 is 65.4. The van der Waals surface area contributed by atoms with Crippen molar-refractivity contribution in [1.29, 1.82) is 0 Å². The average Bonchev–Trinajstić information content (AvgIpc) is 4.24. The topological polar surface area (TPSA) is 179 Å². The molecule has 412 valence electrons. The van der Waals surface area contributed by atoms with Gasteiger partial charge in [0.15, 0.2) is 0 Å². The van der Waals surface area contributed by atoms with Crippen molar-refractivity contribution in [3.05, 3.63) is 89.6 Å². The molecule has 4 aromatic rings. The number of rotatable bonds is 20. The number of thiophene rings is 4. The molecule has 0 aliphatic carbocycles. The van der Waals surface area contributed by atoms with Gasteiger partial charge >= 0.3 is 12.4 Å². The molecule has 22 heteroatoms. The van der Waals surface area contributed by atoms with Crippen LogP contribution in [0, 0.1) is 11.8 Å². The number of piperidine rings is 6. The SMILES string of the molecule is CCCCCCC[N+]12CCC(CC1)[C@@H](NC(=O)C(O)(c1cccs1)c1cccs1)C2.CCCCCCC[N+]12CCC(CC1)[C@@H](NC(=O)C(O)(c1cccs1)c1cccs1)C2.O=C([O-])C(F)(F)F.O=C([O-])C(F)(F)F. The fraction of sp³-hybridized carbons (Fsp3) is 0.615. The molecule has 12 nitrogen and oxygen atoms in total. The highest BCUT2D eigenvalue weighted by atomic mass is 32.1. The van der Waals surface area contributed by atoms with E-state index < -0.39 is 35.5 Å². The normalized spacial score (nSPS) is 23.3. The van der Waals surface area contributed by atoms with E-state index in [1.165, 1.54) is 175 Å². The Morgan fingerprint density at radius 3 is 1.03 bits per heavy atom. The van der Waals surface area contributed by atoms with Crippen molar-refractivity contribution in [1.82, 2.24) is 10.6 Å². The van der Waals surface area contributed by atoms with Crippen molar-refractivity contribution in [2.24, 2.45) is 11.8 Å². The maximum Gasteiger partial charge on any atom is 0.430 e. The zero-order valence-corrected chi connectivity index (χ0v) is 45.2. The molecule has 6 fully saturated rings. The van der Waals surface area contributed by atoms with E-state index in [-0.39, 0.29) is 23.9 Å². The number of fused-ring (bicyclic) bond motifs is 6. The number of carbonyl (C=O) groups excluding carboxylic acids is 4. The lowest BCUT2D eigenvalue weighted by Crippen LogP contribution is -2.68. The number of carbonyl (C=O) groups is 4. The van der Waals surface area contributed by atoms with Gasteiger partial charge in [0.05, 0.1) is 84.0 Å². The van der Waals surface area contributed by atoms with Gasteiger partial charge in [0.2, 0.25) is 11.2 Å². The minimum Gasteiger partial charge on any atom is -0.542 e. The standard InChI is InChI=1S/2C24H34N2O2S2.2C2HF3O2/c2*1-2-3-4-5-6-13-26-14-11-19(12-15-26)20(18-26)25-23(27)24(28,21-9-7-16-29-21)22-10-8-17-30-22;2*3-2(4,5)1(6)7/h2*7-10,16-17,19-20,28H,2-6,11-15,18H2,1H3;2*(H,6,7)/t2*19?,20-,26?;;/m00../s1. The van der Waals surface area contributed by atoms with Crippen molar-refractivity contribution >= 4 is 69.1 Å². The maximum absolute atomic E-state index is 13.5. The summed E-state index contributed by atoms with van der Waals surface area (Å²) in [7, 11) is 0. The minimum atomic E-state index is -5.19. The van der Waals surface area contributed by atoms with Crippen LogP contribution in [0.25, 0.3) is 0 Å². The van der Waals surface area contributed by atoms with Gasteiger partial charge in [0.25, 0.3) is 11.8 Å². The molecular formula is C52H70F6N4O8S4. The lowest BCUT2D eigenvalue weighted by atomic mass is 9.81. The van der Waals surface area contributed by atoms with Crippen molar-refractivity contribution < 1.29 is 74.9 Å². The number of nitrogens with one attached hydrogen (secondary N) is 2. The molecule has 6 aliphatic heterocycles. The maximum atomic E-state index is 13.5. The van der Waals surface area contributed by atoms with E-state index in [1.807, 2.05) is 70.1 Å². The third kappa shape index (κ3) is 16.1. The highest BCUT2D eigenvalue weighted by Gasteiger charge is 2.51. The van der Waals surface area contributed by atoms with E-state index in [2.05, 4.69) is 24.5 Å². The van der Waals surface area contributed by atoms with Gasteiger partial charge in [-0.3, -0.25) is 9.59 Å². The smallest absolute Gasteiger partial charge is 0.430 e. The third-order valence-electron chi connectivity index (χ3n) is 14.9. The molecular weight excluding hydrogens is 1050 g/mol. The van der Waals surface area contributed by atoms with E-state index in [0.29, 0.717) is 31.3 Å². The van der Waals surface area contributed by atoms with Gasteiger partial charge in [-0.25, -0.2) is 0 Å². The van der Waals surface area contributed by atoms with E-state index in [1.54, 1.807) is 0 Å². The number of hydrogen-bond donors (Lipinski definition) is 4. The summed E-state index contributed by atoms with van der Waals surface area (Å²) in [5, 5.41) is 55.1. The summed E-state index contributed by atoms with van der Waals surface area (Å²) in [6.07, 6.45) is 7.53. The fourth-order valence-electron chi connectivity index (χ4n) is 10.8.